The van der Waals surface area contributed by atoms with Crippen molar-refractivity contribution < 1.29 is 9.90 Å². The zero-order valence-corrected chi connectivity index (χ0v) is 7.79. The van der Waals surface area contributed by atoms with E-state index in [-0.39, 0.29) is 5.57 Å². The topological polar surface area (TPSA) is 37.3 Å². The summed E-state index contributed by atoms with van der Waals surface area (Å²) < 4.78 is 0. The van der Waals surface area contributed by atoms with Crippen LogP contribution in [0.5, 0.6) is 0 Å². The van der Waals surface area contributed by atoms with Gasteiger partial charge in [-0.2, -0.15) is 0 Å². The minimum atomic E-state index is -0.961. The van der Waals surface area contributed by atoms with Crippen LogP contribution in [0.3, 0.4) is 0 Å². The Kier molecular flexibility index (Phi) is 2.52. The Hall–Kier alpha value is -1.57. The molecule has 0 radical (unpaired) electrons. The minimum absolute atomic E-state index is 0.163. The molecule has 0 saturated heterocycles. The van der Waals surface area contributed by atoms with E-state index in [9.17, 15) is 4.79 Å². The van der Waals surface area contributed by atoms with Gasteiger partial charge in [0.05, 0.1) is 5.57 Å². The van der Waals surface area contributed by atoms with E-state index in [0.717, 1.165) is 16.7 Å². The van der Waals surface area contributed by atoms with Crippen LogP contribution in [-0.2, 0) is 4.79 Å². The zero-order valence-electron chi connectivity index (χ0n) is 7.79. The van der Waals surface area contributed by atoms with Crippen LogP contribution in [0.2, 0.25) is 0 Å². The Morgan fingerprint density at radius 1 is 1.31 bits per heavy atom. The molecule has 1 aromatic rings. The number of hydrogen-bond donors (Lipinski definition) is 1. The second kappa shape index (κ2) is 3.44. The second-order valence-corrected chi connectivity index (χ2v) is 3.05. The molecule has 0 aliphatic carbocycles. The van der Waals surface area contributed by atoms with E-state index in [1.807, 2.05) is 32.0 Å². The third kappa shape index (κ3) is 1.78. The van der Waals surface area contributed by atoms with Gasteiger partial charge in [-0.05, 0) is 30.5 Å². The summed E-state index contributed by atoms with van der Waals surface area (Å²) in [5, 5.41) is 8.78. The third-order valence-corrected chi connectivity index (χ3v) is 2.04. The molecule has 0 atom stereocenters. The molecule has 0 bridgehead atoms. The summed E-state index contributed by atoms with van der Waals surface area (Å²) >= 11 is 0. The predicted octanol–water partition coefficient (Wildman–Crippen LogP) is 2.40. The number of benzene rings is 1. The highest BCUT2D eigenvalue weighted by Gasteiger charge is 2.11. The molecule has 2 heteroatoms. The summed E-state index contributed by atoms with van der Waals surface area (Å²) in [5.74, 6) is -0.961. The highest BCUT2D eigenvalue weighted by atomic mass is 16.4. The van der Waals surface area contributed by atoms with Gasteiger partial charge in [0.1, 0.15) is 0 Å². The molecular formula is C11H12O2. The lowest BCUT2D eigenvalue weighted by atomic mass is 9.97. The van der Waals surface area contributed by atoms with Crippen molar-refractivity contribution in [3.8, 4) is 0 Å². The Balaban J connectivity index is 3.28. The molecule has 0 aliphatic rings. The Morgan fingerprint density at radius 2 is 1.77 bits per heavy atom. The van der Waals surface area contributed by atoms with Gasteiger partial charge >= 0.3 is 5.97 Å². The number of carbonyl (C=O) groups is 1. The SMILES string of the molecule is C=C(C(=O)O)c1c(C)cccc1C. The third-order valence-electron chi connectivity index (χ3n) is 2.04. The van der Waals surface area contributed by atoms with Crippen molar-refractivity contribution in [2.24, 2.45) is 0 Å². The maximum Gasteiger partial charge on any atom is 0.335 e. The van der Waals surface area contributed by atoms with Crippen LogP contribution in [0.25, 0.3) is 5.57 Å². The van der Waals surface area contributed by atoms with E-state index in [2.05, 4.69) is 6.58 Å². The Morgan fingerprint density at radius 3 is 2.15 bits per heavy atom. The zero-order chi connectivity index (χ0) is 10.0. The molecule has 0 spiro atoms. The fourth-order valence-corrected chi connectivity index (χ4v) is 1.40. The highest BCUT2D eigenvalue weighted by molar-refractivity contribution is 6.15. The van der Waals surface area contributed by atoms with Gasteiger partial charge in [-0.3, -0.25) is 0 Å². The molecule has 68 valence electrons. The summed E-state index contributed by atoms with van der Waals surface area (Å²) in [6.45, 7) is 7.32. The molecule has 1 aromatic carbocycles. The minimum Gasteiger partial charge on any atom is -0.478 e. The van der Waals surface area contributed by atoms with Gasteiger partial charge in [0, 0.05) is 0 Å². The van der Waals surface area contributed by atoms with Crippen LogP contribution in [-0.4, -0.2) is 11.1 Å². The fourth-order valence-electron chi connectivity index (χ4n) is 1.40. The summed E-state index contributed by atoms with van der Waals surface area (Å²) in [4.78, 5) is 10.7. The van der Waals surface area contributed by atoms with E-state index >= 15 is 0 Å². The lowest BCUT2D eigenvalue weighted by Crippen LogP contribution is -2.01. The van der Waals surface area contributed by atoms with Gasteiger partial charge in [0.15, 0.2) is 0 Å². The monoisotopic (exact) mass is 176 g/mol. The molecule has 1 N–H and O–H groups in total. The first-order chi connectivity index (χ1) is 6.04. The summed E-state index contributed by atoms with van der Waals surface area (Å²) in [6.07, 6.45) is 0. The Bertz CT molecular complexity index is 344. The number of aliphatic carboxylic acids is 1. The van der Waals surface area contributed by atoms with Crippen molar-refractivity contribution in [2.45, 2.75) is 13.8 Å². The molecule has 0 amide bonds. The quantitative estimate of drug-likeness (QED) is 0.702. The molecular weight excluding hydrogens is 164 g/mol. The van der Waals surface area contributed by atoms with E-state index in [1.165, 1.54) is 0 Å². The number of aryl methyl sites for hydroxylation is 2. The summed E-state index contributed by atoms with van der Waals surface area (Å²) in [6, 6.07) is 5.68. The van der Waals surface area contributed by atoms with Crippen LogP contribution >= 0.6 is 0 Å². The van der Waals surface area contributed by atoms with Gasteiger partial charge in [-0.25, -0.2) is 4.79 Å². The van der Waals surface area contributed by atoms with E-state index in [1.54, 1.807) is 0 Å². The number of hydrogen-bond acceptors (Lipinski definition) is 1. The Labute approximate surface area is 77.5 Å². The van der Waals surface area contributed by atoms with E-state index in [4.69, 9.17) is 5.11 Å². The van der Waals surface area contributed by atoms with Crippen molar-refractivity contribution >= 4 is 11.5 Å². The summed E-state index contributed by atoms with van der Waals surface area (Å²) in [7, 11) is 0. The highest BCUT2D eigenvalue weighted by Crippen LogP contribution is 2.21. The van der Waals surface area contributed by atoms with E-state index in [0.29, 0.717) is 0 Å². The van der Waals surface area contributed by atoms with Crippen LogP contribution in [0.4, 0.5) is 0 Å². The van der Waals surface area contributed by atoms with Gasteiger partial charge in [0.25, 0.3) is 0 Å². The first kappa shape index (κ1) is 9.52. The lowest BCUT2D eigenvalue weighted by molar-refractivity contribution is -0.130. The van der Waals surface area contributed by atoms with Gasteiger partial charge in [-0.1, -0.05) is 24.8 Å². The molecule has 0 heterocycles. The first-order valence-electron chi connectivity index (χ1n) is 4.03. The van der Waals surface area contributed by atoms with Gasteiger partial charge in [0.2, 0.25) is 0 Å². The molecule has 13 heavy (non-hydrogen) atoms. The standard InChI is InChI=1S/C11H12O2/c1-7-5-4-6-8(2)10(7)9(3)11(12)13/h4-6H,3H2,1-2H3,(H,12,13). The number of carboxylic acid groups (broad SMARTS) is 1. The van der Waals surface area contributed by atoms with Crippen molar-refractivity contribution in [3.63, 3.8) is 0 Å². The normalized spacial score (nSPS) is 9.69. The van der Waals surface area contributed by atoms with Crippen molar-refractivity contribution in [2.75, 3.05) is 0 Å². The number of carboxylic acids is 1. The van der Waals surface area contributed by atoms with Crippen LogP contribution in [0, 0.1) is 13.8 Å². The fraction of sp³-hybridized carbons (Fsp3) is 0.182. The molecule has 0 aliphatic heterocycles. The van der Waals surface area contributed by atoms with Gasteiger partial charge < -0.3 is 5.11 Å². The predicted molar refractivity (Wildman–Crippen MR) is 52.6 cm³/mol. The van der Waals surface area contributed by atoms with Crippen molar-refractivity contribution in [1.29, 1.82) is 0 Å². The molecule has 2 nitrogen and oxygen atoms in total. The average molecular weight is 176 g/mol. The van der Waals surface area contributed by atoms with Crippen molar-refractivity contribution in [3.05, 3.63) is 41.5 Å². The maximum absolute atomic E-state index is 10.7. The second-order valence-electron chi connectivity index (χ2n) is 3.05. The lowest BCUT2D eigenvalue weighted by Gasteiger charge is -2.08. The smallest absolute Gasteiger partial charge is 0.335 e. The first-order valence-corrected chi connectivity index (χ1v) is 4.03. The average Bonchev–Trinajstić information content (AvgIpc) is 2.03. The summed E-state index contributed by atoms with van der Waals surface area (Å²) in [5.41, 5.74) is 2.81. The molecule has 0 saturated carbocycles. The largest absolute Gasteiger partial charge is 0.478 e. The van der Waals surface area contributed by atoms with Crippen molar-refractivity contribution in [1.82, 2.24) is 0 Å². The maximum atomic E-state index is 10.7. The van der Waals surface area contributed by atoms with Crippen LogP contribution in [0.15, 0.2) is 24.8 Å². The molecule has 0 aromatic heterocycles. The van der Waals surface area contributed by atoms with Gasteiger partial charge in [-0.15, -0.1) is 0 Å². The molecule has 1 rings (SSSR count). The number of rotatable bonds is 2. The molecule has 0 unspecified atom stereocenters. The van der Waals surface area contributed by atoms with E-state index < -0.39 is 5.97 Å². The van der Waals surface area contributed by atoms with Crippen LogP contribution < -0.4 is 0 Å². The molecule has 0 fully saturated rings. The van der Waals surface area contributed by atoms with Crippen LogP contribution in [0.1, 0.15) is 16.7 Å².